The Bertz CT molecular complexity index is 741. The van der Waals surface area contributed by atoms with E-state index in [2.05, 4.69) is 10.2 Å². The standard InChI is InChI=1S/C14H20N6O2/c1-3-5-20-14(22)19-7-6-17(10-12(19)16-20)13(21)11-8-15-18(4-2)9-11/h8-9H,3-7,10H2,1-2H3. The van der Waals surface area contributed by atoms with E-state index in [0.29, 0.717) is 37.6 Å². The van der Waals surface area contributed by atoms with Gasteiger partial charge >= 0.3 is 5.69 Å². The summed E-state index contributed by atoms with van der Waals surface area (Å²) in [7, 11) is 0. The van der Waals surface area contributed by atoms with E-state index in [0.717, 1.165) is 13.0 Å². The fourth-order valence-electron chi connectivity index (χ4n) is 2.66. The lowest BCUT2D eigenvalue weighted by atomic mass is 10.2. The summed E-state index contributed by atoms with van der Waals surface area (Å²) in [5, 5.41) is 8.47. The molecule has 0 bridgehead atoms. The first-order valence-electron chi connectivity index (χ1n) is 7.62. The van der Waals surface area contributed by atoms with E-state index in [4.69, 9.17) is 0 Å². The molecule has 3 rings (SSSR count). The molecule has 118 valence electrons. The van der Waals surface area contributed by atoms with Crippen molar-refractivity contribution in [2.75, 3.05) is 6.54 Å². The largest absolute Gasteiger partial charge is 0.346 e. The Labute approximate surface area is 127 Å². The number of carbonyl (C=O) groups is 1. The summed E-state index contributed by atoms with van der Waals surface area (Å²) in [6, 6.07) is 0. The molecule has 0 fully saturated rings. The van der Waals surface area contributed by atoms with Crippen LogP contribution in [0.15, 0.2) is 17.2 Å². The molecule has 1 aliphatic rings. The SMILES string of the molecule is CCCn1nc2n(c1=O)CCN(C(=O)c1cnn(CC)c1)C2. The first-order chi connectivity index (χ1) is 10.6. The van der Waals surface area contributed by atoms with Gasteiger partial charge in [0.05, 0.1) is 18.3 Å². The van der Waals surface area contributed by atoms with Gasteiger partial charge in [-0.15, -0.1) is 0 Å². The first-order valence-corrected chi connectivity index (χ1v) is 7.62. The Hall–Kier alpha value is -2.38. The van der Waals surface area contributed by atoms with Crippen molar-refractivity contribution in [2.24, 2.45) is 0 Å². The molecule has 22 heavy (non-hydrogen) atoms. The maximum atomic E-state index is 12.5. The molecular weight excluding hydrogens is 284 g/mol. The maximum Gasteiger partial charge on any atom is 0.346 e. The lowest BCUT2D eigenvalue weighted by Crippen LogP contribution is -2.40. The Balaban J connectivity index is 1.80. The molecule has 8 heteroatoms. The normalized spacial score (nSPS) is 14.2. The first kappa shape index (κ1) is 14.6. The highest BCUT2D eigenvalue weighted by molar-refractivity contribution is 5.93. The zero-order valence-corrected chi connectivity index (χ0v) is 12.9. The van der Waals surface area contributed by atoms with Crippen molar-refractivity contribution < 1.29 is 4.79 Å². The lowest BCUT2D eigenvalue weighted by molar-refractivity contribution is 0.0706. The van der Waals surface area contributed by atoms with Gasteiger partial charge in [0.25, 0.3) is 5.91 Å². The molecule has 0 aliphatic carbocycles. The predicted octanol–water partition coefficient (Wildman–Crippen LogP) is 0.327. The van der Waals surface area contributed by atoms with Crippen molar-refractivity contribution >= 4 is 5.91 Å². The number of fused-ring (bicyclic) bond motifs is 1. The van der Waals surface area contributed by atoms with Crippen molar-refractivity contribution in [3.8, 4) is 0 Å². The molecule has 0 saturated heterocycles. The maximum absolute atomic E-state index is 12.5. The molecule has 1 aliphatic heterocycles. The quantitative estimate of drug-likeness (QED) is 0.815. The van der Waals surface area contributed by atoms with Crippen LogP contribution in [0.5, 0.6) is 0 Å². The molecule has 0 atom stereocenters. The van der Waals surface area contributed by atoms with Crippen LogP contribution in [0.2, 0.25) is 0 Å². The van der Waals surface area contributed by atoms with Crippen LogP contribution in [0.4, 0.5) is 0 Å². The number of carbonyl (C=O) groups excluding carboxylic acids is 1. The second-order valence-corrected chi connectivity index (χ2v) is 5.38. The van der Waals surface area contributed by atoms with Crippen LogP contribution in [0.1, 0.15) is 36.5 Å². The van der Waals surface area contributed by atoms with E-state index in [1.807, 2.05) is 13.8 Å². The minimum absolute atomic E-state index is 0.0663. The molecule has 0 saturated carbocycles. The fourth-order valence-corrected chi connectivity index (χ4v) is 2.66. The third-order valence-electron chi connectivity index (χ3n) is 3.85. The van der Waals surface area contributed by atoms with Crippen molar-refractivity contribution in [3.63, 3.8) is 0 Å². The van der Waals surface area contributed by atoms with Gasteiger partial charge in [0.1, 0.15) is 0 Å². The van der Waals surface area contributed by atoms with Gasteiger partial charge in [-0.25, -0.2) is 9.48 Å². The summed E-state index contributed by atoms with van der Waals surface area (Å²) < 4.78 is 4.87. The minimum Gasteiger partial charge on any atom is -0.329 e. The Morgan fingerprint density at radius 2 is 2.14 bits per heavy atom. The fraction of sp³-hybridized carbons (Fsp3) is 0.571. The van der Waals surface area contributed by atoms with Gasteiger partial charge in [-0.3, -0.25) is 14.0 Å². The Morgan fingerprint density at radius 1 is 1.32 bits per heavy atom. The van der Waals surface area contributed by atoms with Gasteiger partial charge in [0.2, 0.25) is 0 Å². The predicted molar refractivity (Wildman–Crippen MR) is 79.4 cm³/mol. The molecule has 2 aromatic rings. The van der Waals surface area contributed by atoms with Crippen molar-refractivity contribution in [1.29, 1.82) is 0 Å². The average Bonchev–Trinajstić information content (AvgIpc) is 3.12. The second-order valence-electron chi connectivity index (χ2n) is 5.38. The van der Waals surface area contributed by atoms with Gasteiger partial charge in [0, 0.05) is 32.4 Å². The molecule has 1 amide bonds. The number of hydrogen-bond donors (Lipinski definition) is 0. The summed E-state index contributed by atoms with van der Waals surface area (Å²) in [6.45, 7) is 6.69. The number of amides is 1. The van der Waals surface area contributed by atoms with E-state index in [1.165, 1.54) is 4.68 Å². The zero-order chi connectivity index (χ0) is 15.7. The molecule has 2 aromatic heterocycles. The van der Waals surface area contributed by atoms with Crippen LogP contribution < -0.4 is 5.69 Å². The van der Waals surface area contributed by atoms with E-state index in [1.54, 1.807) is 26.5 Å². The highest BCUT2D eigenvalue weighted by Crippen LogP contribution is 2.12. The molecule has 0 radical (unpaired) electrons. The Morgan fingerprint density at radius 3 is 2.82 bits per heavy atom. The molecule has 0 aromatic carbocycles. The molecule has 0 unspecified atom stereocenters. The number of hydrogen-bond acceptors (Lipinski definition) is 4. The molecule has 3 heterocycles. The van der Waals surface area contributed by atoms with E-state index in [-0.39, 0.29) is 11.6 Å². The molecule has 8 nitrogen and oxygen atoms in total. The summed E-state index contributed by atoms with van der Waals surface area (Å²) in [6.07, 6.45) is 4.19. The number of rotatable bonds is 4. The van der Waals surface area contributed by atoms with Gasteiger partial charge < -0.3 is 4.90 Å². The van der Waals surface area contributed by atoms with E-state index in [9.17, 15) is 9.59 Å². The Kier molecular flexibility index (Phi) is 3.82. The highest BCUT2D eigenvalue weighted by atomic mass is 16.2. The second kappa shape index (κ2) is 5.78. The van der Waals surface area contributed by atoms with E-state index < -0.39 is 0 Å². The molecule has 0 N–H and O–H groups in total. The van der Waals surface area contributed by atoms with Crippen molar-refractivity contribution in [3.05, 3.63) is 34.3 Å². The van der Waals surface area contributed by atoms with Crippen LogP contribution in [0.3, 0.4) is 0 Å². The summed E-state index contributed by atoms with van der Waals surface area (Å²) >= 11 is 0. The number of aromatic nitrogens is 5. The van der Waals surface area contributed by atoms with Crippen LogP contribution in [0, 0.1) is 0 Å². The number of nitrogens with zero attached hydrogens (tertiary/aromatic N) is 6. The summed E-state index contributed by atoms with van der Waals surface area (Å²) in [4.78, 5) is 26.4. The summed E-state index contributed by atoms with van der Waals surface area (Å²) in [5.74, 6) is 0.587. The third-order valence-corrected chi connectivity index (χ3v) is 3.85. The van der Waals surface area contributed by atoms with E-state index >= 15 is 0 Å². The molecular formula is C14H20N6O2. The van der Waals surface area contributed by atoms with Crippen LogP contribution in [-0.2, 0) is 26.2 Å². The van der Waals surface area contributed by atoms with Crippen LogP contribution >= 0.6 is 0 Å². The summed E-state index contributed by atoms with van der Waals surface area (Å²) in [5.41, 5.74) is 0.494. The third kappa shape index (κ3) is 2.44. The lowest BCUT2D eigenvalue weighted by Gasteiger charge is -2.26. The molecule has 0 spiro atoms. The minimum atomic E-state index is -0.0808. The van der Waals surface area contributed by atoms with Crippen LogP contribution in [0.25, 0.3) is 0 Å². The van der Waals surface area contributed by atoms with Crippen molar-refractivity contribution in [2.45, 2.75) is 46.4 Å². The topological polar surface area (TPSA) is 78.0 Å². The van der Waals surface area contributed by atoms with Gasteiger partial charge in [-0.05, 0) is 13.3 Å². The van der Waals surface area contributed by atoms with Gasteiger partial charge in [0.15, 0.2) is 5.82 Å². The zero-order valence-electron chi connectivity index (χ0n) is 12.9. The highest BCUT2D eigenvalue weighted by Gasteiger charge is 2.26. The van der Waals surface area contributed by atoms with Crippen molar-refractivity contribution in [1.82, 2.24) is 29.0 Å². The van der Waals surface area contributed by atoms with Gasteiger partial charge in [-0.2, -0.15) is 10.2 Å². The number of aryl methyl sites for hydroxylation is 2. The smallest absolute Gasteiger partial charge is 0.329 e. The van der Waals surface area contributed by atoms with Crippen LogP contribution in [-0.4, -0.2) is 41.5 Å². The van der Waals surface area contributed by atoms with Gasteiger partial charge in [-0.1, -0.05) is 6.92 Å². The average molecular weight is 304 g/mol. The monoisotopic (exact) mass is 304 g/mol.